The summed E-state index contributed by atoms with van der Waals surface area (Å²) in [7, 11) is 0. The predicted octanol–water partition coefficient (Wildman–Crippen LogP) is 3.95. The summed E-state index contributed by atoms with van der Waals surface area (Å²) in [6, 6.07) is 8.19. The number of ether oxygens (including phenoxy) is 1. The van der Waals surface area contributed by atoms with Crippen LogP contribution in [0.15, 0.2) is 30.6 Å². The third kappa shape index (κ3) is 4.07. The summed E-state index contributed by atoms with van der Waals surface area (Å²) in [4.78, 5) is 8.57. The molecular weight excluding hydrogens is 302 g/mol. The number of rotatable bonds is 6. The van der Waals surface area contributed by atoms with Crippen molar-refractivity contribution >= 4 is 23.0 Å². The molecule has 1 fully saturated rings. The predicted molar refractivity (Wildman–Crippen MR) is 97.8 cm³/mol. The first-order valence-electron chi connectivity index (χ1n) is 8.63. The van der Waals surface area contributed by atoms with Gasteiger partial charge in [-0.1, -0.05) is 19.3 Å². The molecule has 0 saturated heterocycles. The third-order valence-electron chi connectivity index (χ3n) is 4.26. The van der Waals surface area contributed by atoms with Crippen molar-refractivity contribution in [1.29, 1.82) is 0 Å². The van der Waals surface area contributed by atoms with Crippen LogP contribution < -0.4 is 21.1 Å². The number of benzene rings is 1. The zero-order valence-corrected chi connectivity index (χ0v) is 14.1. The van der Waals surface area contributed by atoms with E-state index in [4.69, 9.17) is 10.5 Å². The highest BCUT2D eigenvalue weighted by Crippen LogP contribution is 2.29. The number of nitrogens with zero attached hydrogens (tertiary/aromatic N) is 2. The van der Waals surface area contributed by atoms with Crippen molar-refractivity contribution < 1.29 is 4.74 Å². The van der Waals surface area contributed by atoms with Crippen LogP contribution in [0.25, 0.3) is 0 Å². The lowest BCUT2D eigenvalue weighted by Gasteiger charge is -2.24. The number of hydrogen-bond donors (Lipinski definition) is 3. The molecule has 0 aliphatic heterocycles. The van der Waals surface area contributed by atoms with Crippen LogP contribution in [0.1, 0.15) is 39.0 Å². The molecule has 128 valence electrons. The monoisotopic (exact) mass is 327 g/mol. The molecule has 1 aliphatic carbocycles. The molecule has 6 nitrogen and oxygen atoms in total. The van der Waals surface area contributed by atoms with Crippen molar-refractivity contribution in [2.24, 2.45) is 0 Å². The van der Waals surface area contributed by atoms with Crippen LogP contribution in [0.3, 0.4) is 0 Å². The minimum absolute atomic E-state index is 0.453. The average molecular weight is 327 g/mol. The van der Waals surface area contributed by atoms with E-state index in [1.54, 1.807) is 6.33 Å². The zero-order valence-electron chi connectivity index (χ0n) is 14.1. The lowest BCUT2D eigenvalue weighted by Crippen LogP contribution is -2.23. The van der Waals surface area contributed by atoms with E-state index < -0.39 is 0 Å². The SMILES string of the molecule is CCOc1ccc(Nc2ncnc(NC3CCCCC3)c2N)cc1. The fourth-order valence-electron chi connectivity index (χ4n) is 2.99. The fourth-order valence-corrected chi connectivity index (χ4v) is 2.99. The van der Waals surface area contributed by atoms with Gasteiger partial charge >= 0.3 is 0 Å². The Bertz CT molecular complexity index is 653. The van der Waals surface area contributed by atoms with Crippen molar-refractivity contribution in [2.75, 3.05) is 23.0 Å². The Morgan fingerprint density at radius 3 is 2.50 bits per heavy atom. The first kappa shape index (κ1) is 16.4. The van der Waals surface area contributed by atoms with Gasteiger partial charge < -0.3 is 21.1 Å². The van der Waals surface area contributed by atoms with Gasteiger partial charge in [0.15, 0.2) is 11.6 Å². The van der Waals surface area contributed by atoms with Gasteiger partial charge in [-0.25, -0.2) is 9.97 Å². The van der Waals surface area contributed by atoms with Crippen molar-refractivity contribution in [3.63, 3.8) is 0 Å². The average Bonchev–Trinajstić information content (AvgIpc) is 2.61. The van der Waals surface area contributed by atoms with Crippen LogP contribution in [0.5, 0.6) is 5.75 Å². The third-order valence-corrected chi connectivity index (χ3v) is 4.26. The first-order chi connectivity index (χ1) is 11.8. The molecule has 1 saturated carbocycles. The van der Waals surface area contributed by atoms with Gasteiger partial charge in [0.2, 0.25) is 0 Å². The molecule has 0 unspecified atom stereocenters. The maximum atomic E-state index is 6.25. The summed E-state index contributed by atoms with van der Waals surface area (Å²) in [6.07, 6.45) is 7.73. The van der Waals surface area contributed by atoms with Crippen molar-refractivity contribution in [2.45, 2.75) is 45.1 Å². The molecule has 0 bridgehead atoms. The number of hydrogen-bond acceptors (Lipinski definition) is 6. The van der Waals surface area contributed by atoms with Gasteiger partial charge in [0.25, 0.3) is 0 Å². The van der Waals surface area contributed by atoms with Gasteiger partial charge in [-0.15, -0.1) is 0 Å². The summed E-state index contributed by atoms with van der Waals surface area (Å²) in [5.41, 5.74) is 7.71. The molecule has 6 heteroatoms. The van der Waals surface area contributed by atoms with Crippen molar-refractivity contribution in [3.8, 4) is 5.75 Å². The van der Waals surface area contributed by atoms with Gasteiger partial charge in [0.1, 0.15) is 17.8 Å². The number of aromatic nitrogens is 2. The minimum atomic E-state index is 0.453. The van der Waals surface area contributed by atoms with E-state index in [0.29, 0.717) is 30.0 Å². The summed E-state index contributed by atoms with van der Waals surface area (Å²) < 4.78 is 5.45. The molecule has 1 heterocycles. The second-order valence-corrected chi connectivity index (χ2v) is 6.05. The molecule has 0 spiro atoms. The number of nitrogen functional groups attached to an aromatic ring is 1. The molecular formula is C18H25N5O. The molecule has 0 atom stereocenters. The summed E-state index contributed by atoms with van der Waals surface area (Å²) >= 11 is 0. The smallest absolute Gasteiger partial charge is 0.159 e. The van der Waals surface area contributed by atoms with E-state index in [2.05, 4.69) is 20.6 Å². The number of anilines is 4. The lowest BCUT2D eigenvalue weighted by atomic mass is 9.95. The Kier molecular flexibility index (Phi) is 5.36. The van der Waals surface area contributed by atoms with E-state index in [-0.39, 0.29) is 0 Å². The Balaban J connectivity index is 1.70. The van der Waals surface area contributed by atoms with Gasteiger partial charge in [-0.2, -0.15) is 0 Å². The summed E-state index contributed by atoms with van der Waals surface area (Å²) in [5.74, 6) is 2.18. The van der Waals surface area contributed by atoms with Crippen LogP contribution in [0.2, 0.25) is 0 Å². The zero-order chi connectivity index (χ0) is 16.8. The Morgan fingerprint density at radius 2 is 1.79 bits per heavy atom. The van der Waals surface area contributed by atoms with Gasteiger partial charge in [-0.05, 0) is 44.0 Å². The molecule has 1 aromatic heterocycles. The van der Waals surface area contributed by atoms with E-state index in [1.807, 2.05) is 31.2 Å². The molecule has 3 rings (SSSR count). The fraction of sp³-hybridized carbons (Fsp3) is 0.444. The minimum Gasteiger partial charge on any atom is -0.494 e. The quantitative estimate of drug-likeness (QED) is 0.745. The highest BCUT2D eigenvalue weighted by atomic mass is 16.5. The molecule has 4 N–H and O–H groups in total. The highest BCUT2D eigenvalue weighted by molar-refractivity contribution is 5.77. The van der Waals surface area contributed by atoms with Crippen LogP contribution in [0.4, 0.5) is 23.0 Å². The van der Waals surface area contributed by atoms with Crippen molar-refractivity contribution in [1.82, 2.24) is 9.97 Å². The summed E-state index contributed by atoms with van der Waals surface area (Å²) in [5, 5.41) is 6.71. The number of nitrogens with one attached hydrogen (secondary N) is 2. The van der Waals surface area contributed by atoms with Gasteiger partial charge in [0.05, 0.1) is 6.61 Å². The molecule has 1 aromatic carbocycles. The van der Waals surface area contributed by atoms with Crippen LogP contribution in [-0.4, -0.2) is 22.6 Å². The van der Waals surface area contributed by atoms with E-state index >= 15 is 0 Å². The largest absolute Gasteiger partial charge is 0.494 e. The molecule has 0 amide bonds. The van der Waals surface area contributed by atoms with E-state index in [1.165, 1.54) is 32.1 Å². The number of nitrogens with two attached hydrogens (primary N) is 1. The Labute approximate surface area is 142 Å². The molecule has 2 aromatic rings. The topological polar surface area (TPSA) is 85.1 Å². The molecule has 1 aliphatic rings. The standard InChI is InChI=1S/C18H25N5O/c1-2-24-15-10-8-14(9-11-15)23-18-16(19)17(20-12-21-18)22-13-6-4-3-5-7-13/h8-13H,2-7,19H2,1H3,(H2,20,21,22,23). The summed E-state index contributed by atoms with van der Waals surface area (Å²) in [6.45, 7) is 2.62. The van der Waals surface area contributed by atoms with E-state index in [0.717, 1.165) is 11.4 Å². The van der Waals surface area contributed by atoms with Crippen LogP contribution in [-0.2, 0) is 0 Å². The maximum absolute atomic E-state index is 6.25. The maximum Gasteiger partial charge on any atom is 0.159 e. The molecule has 0 radical (unpaired) electrons. The van der Waals surface area contributed by atoms with Gasteiger partial charge in [0, 0.05) is 11.7 Å². The van der Waals surface area contributed by atoms with Gasteiger partial charge in [-0.3, -0.25) is 0 Å². The molecule has 24 heavy (non-hydrogen) atoms. The van der Waals surface area contributed by atoms with Crippen LogP contribution in [0, 0.1) is 0 Å². The normalized spacial score (nSPS) is 15.0. The Hall–Kier alpha value is -2.50. The lowest BCUT2D eigenvalue weighted by molar-refractivity contribution is 0.340. The van der Waals surface area contributed by atoms with Crippen molar-refractivity contribution in [3.05, 3.63) is 30.6 Å². The first-order valence-corrected chi connectivity index (χ1v) is 8.63. The Morgan fingerprint density at radius 1 is 1.08 bits per heavy atom. The second kappa shape index (κ2) is 7.86. The highest BCUT2D eigenvalue weighted by Gasteiger charge is 2.16. The van der Waals surface area contributed by atoms with Crippen LogP contribution >= 0.6 is 0 Å². The second-order valence-electron chi connectivity index (χ2n) is 6.05. The van der Waals surface area contributed by atoms with E-state index in [9.17, 15) is 0 Å².